The highest BCUT2D eigenvalue weighted by atomic mass is 16.2. The fourth-order valence-electron chi connectivity index (χ4n) is 1.90. The molecule has 74 valence electrons. The van der Waals surface area contributed by atoms with Gasteiger partial charge in [0.05, 0.1) is 6.04 Å². The van der Waals surface area contributed by atoms with Gasteiger partial charge < -0.3 is 15.5 Å². The van der Waals surface area contributed by atoms with Crippen molar-refractivity contribution in [3.8, 4) is 0 Å². The SMILES string of the molecule is CN(C(=O)[C@H]1CCN1)C1CCNC1. The second-order valence-electron chi connectivity index (χ2n) is 3.89. The van der Waals surface area contributed by atoms with Gasteiger partial charge in [-0.2, -0.15) is 0 Å². The lowest BCUT2D eigenvalue weighted by molar-refractivity contribution is -0.135. The van der Waals surface area contributed by atoms with Gasteiger partial charge in [0.25, 0.3) is 0 Å². The molecule has 2 saturated heterocycles. The Morgan fingerprint density at radius 3 is 2.62 bits per heavy atom. The Morgan fingerprint density at radius 2 is 2.15 bits per heavy atom. The quantitative estimate of drug-likeness (QED) is 0.587. The average molecular weight is 183 g/mol. The van der Waals surface area contributed by atoms with Crippen molar-refractivity contribution in [2.45, 2.75) is 24.9 Å². The third kappa shape index (κ3) is 1.69. The molecule has 1 unspecified atom stereocenters. The van der Waals surface area contributed by atoms with Crippen LogP contribution < -0.4 is 10.6 Å². The first-order valence-electron chi connectivity index (χ1n) is 5.00. The maximum atomic E-state index is 11.7. The summed E-state index contributed by atoms with van der Waals surface area (Å²) in [6.07, 6.45) is 2.10. The van der Waals surface area contributed by atoms with E-state index in [0.29, 0.717) is 6.04 Å². The van der Waals surface area contributed by atoms with E-state index in [1.165, 1.54) is 0 Å². The average Bonchev–Trinajstić information content (AvgIpc) is 2.51. The van der Waals surface area contributed by atoms with Gasteiger partial charge in [0.2, 0.25) is 5.91 Å². The van der Waals surface area contributed by atoms with E-state index in [2.05, 4.69) is 10.6 Å². The van der Waals surface area contributed by atoms with E-state index in [4.69, 9.17) is 0 Å². The van der Waals surface area contributed by atoms with Crippen molar-refractivity contribution in [1.29, 1.82) is 0 Å². The van der Waals surface area contributed by atoms with Gasteiger partial charge in [-0.05, 0) is 25.9 Å². The number of carbonyl (C=O) groups is 1. The molecular weight excluding hydrogens is 166 g/mol. The maximum Gasteiger partial charge on any atom is 0.239 e. The molecule has 2 rings (SSSR count). The molecule has 0 bridgehead atoms. The summed E-state index contributed by atoms with van der Waals surface area (Å²) in [6, 6.07) is 0.514. The molecule has 0 aromatic rings. The summed E-state index contributed by atoms with van der Waals surface area (Å²) in [5.41, 5.74) is 0. The molecule has 4 nitrogen and oxygen atoms in total. The fraction of sp³-hybridized carbons (Fsp3) is 0.889. The minimum absolute atomic E-state index is 0.102. The second kappa shape index (κ2) is 3.64. The molecule has 2 fully saturated rings. The molecule has 2 N–H and O–H groups in total. The van der Waals surface area contributed by atoms with Crippen molar-refractivity contribution in [1.82, 2.24) is 15.5 Å². The van der Waals surface area contributed by atoms with Gasteiger partial charge in [0, 0.05) is 19.6 Å². The van der Waals surface area contributed by atoms with Crippen LogP contribution in [0, 0.1) is 0 Å². The molecule has 0 aromatic carbocycles. The van der Waals surface area contributed by atoms with Gasteiger partial charge in [-0.1, -0.05) is 0 Å². The van der Waals surface area contributed by atoms with E-state index in [-0.39, 0.29) is 11.9 Å². The number of likely N-dealkylation sites (N-methyl/N-ethyl adjacent to an activating group) is 1. The molecule has 0 aliphatic carbocycles. The van der Waals surface area contributed by atoms with Crippen molar-refractivity contribution in [3.05, 3.63) is 0 Å². The van der Waals surface area contributed by atoms with Crippen LogP contribution in [0.1, 0.15) is 12.8 Å². The normalized spacial score (nSPS) is 32.7. The third-order valence-electron chi connectivity index (χ3n) is 3.05. The molecule has 0 aromatic heterocycles. The summed E-state index contributed by atoms with van der Waals surface area (Å²) >= 11 is 0. The number of rotatable bonds is 2. The third-order valence-corrected chi connectivity index (χ3v) is 3.05. The number of nitrogens with one attached hydrogen (secondary N) is 2. The van der Waals surface area contributed by atoms with Crippen molar-refractivity contribution in [2.24, 2.45) is 0 Å². The highest BCUT2D eigenvalue weighted by molar-refractivity contribution is 5.82. The molecule has 1 amide bonds. The Hall–Kier alpha value is -0.610. The lowest BCUT2D eigenvalue weighted by Crippen LogP contribution is -2.55. The predicted octanol–water partition coefficient (Wildman–Crippen LogP) is -0.831. The van der Waals surface area contributed by atoms with Crippen LogP contribution in [0.5, 0.6) is 0 Å². The first-order chi connectivity index (χ1) is 6.29. The highest BCUT2D eigenvalue weighted by Gasteiger charge is 2.31. The highest BCUT2D eigenvalue weighted by Crippen LogP contribution is 2.11. The van der Waals surface area contributed by atoms with Gasteiger partial charge in [0.1, 0.15) is 0 Å². The standard InChI is InChI=1S/C9H17N3O/c1-12(7-2-4-10-6-7)9(13)8-3-5-11-8/h7-8,10-11H,2-6H2,1H3/t7?,8-/m1/s1. The van der Waals surface area contributed by atoms with Crippen molar-refractivity contribution >= 4 is 5.91 Å². The molecular formula is C9H17N3O. The molecule has 0 radical (unpaired) electrons. The van der Waals surface area contributed by atoms with Gasteiger partial charge in [0.15, 0.2) is 0 Å². The van der Waals surface area contributed by atoms with Crippen LogP contribution >= 0.6 is 0 Å². The van der Waals surface area contributed by atoms with E-state index in [0.717, 1.165) is 32.5 Å². The van der Waals surface area contributed by atoms with Crippen LogP contribution in [-0.4, -0.2) is 49.6 Å². The monoisotopic (exact) mass is 183 g/mol. The summed E-state index contributed by atoms with van der Waals surface area (Å²) in [4.78, 5) is 13.6. The van der Waals surface area contributed by atoms with Crippen LogP contribution in [0.25, 0.3) is 0 Å². The summed E-state index contributed by atoms with van der Waals surface area (Å²) < 4.78 is 0. The van der Waals surface area contributed by atoms with Crippen molar-refractivity contribution in [3.63, 3.8) is 0 Å². The minimum Gasteiger partial charge on any atom is -0.340 e. The summed E-state index contributed by atoms with van der Waals surface area (Å²) in [7, 11) is 1.92. The number of nitrogens with zero attached hydrogens (tertiary/aromatic N) is 1. The number of hydrogen-bond acceptors (Lipinski definition) is 3. The Balaban J connectivity index is 1.87. The zero-order valence-electron chi connectivity index (χ0n) is 8.05. The molecule has 13 heavy (non-hydrogen) atoms. The lowest BCUT2D eigenvalue weighted by atomic mass is 10.1. The Morgan fingerprint density at radius 1 is 1.38 bits per heavy atom. The van der Waals surface area contributed by atoms with Crippen LogP contribution in [0.2, 0.25) is 0 Å². The zero-order valence-corrected chi connectivity index (χ0v) is 8.05. The summed E-state index contributed by atoms with van der Waals surface area (Å²) in [6.45, 7) is 2.99. The largest absolute Gasteiger partial charge is 0.340 e. The lowest BCUT2D eigenvalue weighted by Gasteiger charge is -2.33. The molecule has 2 aliphatic heterocycles. The van der Waals surface area contributed by atoms with Gasteiger partial charge in [-0.3, -0.25) is 4.79 Å². The summed E-state index contributed by atoms with van der Waals surface area (Å²) in [5, 5.41) is 6.41. The van der Waals surface area contributed by atoms with Crippen LogP contribution in [0.3, 0.4) is 0 Å². The maximum absolute atomic E-state index is 11.7. The topological polar surface area (TPSA) is 44.4 Å². The van der Waals surface area contributed by atoms with Crippen LogP contribution in [0.15, 0.2) is 0 Å². The number of amides is 1. The van der Waals surface area contributed by atoms with Crippen LogP contribution in [0.4, 0.5) is 0 Å². The Kier molecular flexibility index (Phi) is 2.51. The van der Waals surface area contributed by atoms with E-state index in [1.807, 2.05) is 11.9 Å². The first kappa shape index (κ1) is 8.97. The molecule has 0 saturated carbocycles. The summed E-state index contributed by atoms with van der Waals surface area (Å²) in [5.74, 6) is 0.264. The number of hydrogen-bond donors (Lipinski definition) is 2. The first-order valence-corrected chi connectivity index (χ1v) is 5.00. The Labute approximate surface area is 78.7 Å². The fourth-order valence-corrected chi connectivity index (χ4v) is 1.90. The van der Waals surface area contributed by atoms with Crippen LogP contribution in [-0.2, 0) is 4.79 Å². The minimum atomic E-state index is 0.102. The van der Waals surface area contributed by atoms with Gasteiger partial charge in [-0.25, -0.2) is 0 Å². The molecule has 2 heterocycles. The van der Waals surface area contributed by atoms with Crippen molar-refractivity contribution < 1.29 is 4.79 Å². The van der Waals surface area contributed by atoms with Crippen molar-refractivity contribution in [2.75, 3.05) is 26.7 Å². The molecule has 2 atom stereocenters. The van der Waals surface area contributed by atoms with E-state index < -0.39 is 0 Å². The van der Waals surface area contributed by atoms with Gasteiger partial charge >= 0.3 is 0 Å². The van der Waals surface area contributed by atoms with E-state index in [1.54, 1.807) is 0 Å². The van der Waals surface area contributed by atoms with E-state index in [9.17, 15) is 4.79 Å². The van der Waals surface area contributed by atoms with E-state index >= 15 is 0 Å². The zero-order chi connectivity index (χ0) is 9.26. The Bertz CT molecular complexity index is 197. The predicted molar refractivity (Wildman–Crippen MR) is 50.5 cm³/mol. The number of carbonyl (C=O) groups excluding carboxylic acids is 1. The smallest absolute Gasteiger partial charge is 0.239 e. The molecule has 4 heteroatoms. The molecule has 0 spiro atoms. The van der Waals surface area contributed by atoms with Gasteiger partial charge in [-0.15, -0.1) is 0 Å². The second-order valence-corrected chi connectivity index (χ2v) is 3.89. The molecule has 2 aliphatic rings.